The highest BCUT2D eigenvalue weighted by Crippen LogP contribution is 2.15. The predicted octanol–water partition coefficient (Wildman–Crippen LogP) is 3.27. The summed E-state index contributed by atoms with van der Waals surface area (Å²) in [5, 5.41) is 3.32. The number of carbonyl (C=O) groups is 2. The van der Waals surface area contributed by atoms with Gasteiger partial charge in [-0.1, -0.05) is 0 Å². The van der Waals surface area contributed by atoms with Gasteiger partial charge in [-0.25, -0.2) is 14.5 Å². The van der Waals surface area contributed by atoms with Gasteiger partial charge in [-0.2, -0.15) is 0 Å². The molecule has 2 amide bonds. The summed E-state index contributed by atoms with van der Waals surface area (Å²) in [5.41, 5.74) is 4.12. The lowest BCUT2D eigenvalue weighted by Gasteiger charge is -2.28. The zero-order valence-corrected chi connectivity index (χ0v) is 16.8. The van der Waals surface area contributed by atoms with Crippen molar-refractivity contribution >= 4 is 12.2 Å². The summed E-state index contributed by atoms with van der Waals surface area (Å²) in [7, 11) is 0. The Morgan fingerprint density at radius 1 is 0.840 bits per heavy atom. The van der Waals surface area contributed by atoms with Gasteiger partial charge < -0.3 is 20.5 Å². The average Bonchev–Trinajstić information content (AvgIpc) is 2.41. The highest BCUT2D eigenvalue weighted by Gasteiger charge is 2.30. The van der Waals surface area contributed by atoms with Crippen LogP contribution in [0, 0.1) is 0 Å². The molecule has 7 heteroatoms. The van der Waals surface area contributed by atoms with Gasteiger partial charge in [-0.3, -0.25) is 0 Å². The number of hydrogen-bond acceptors (Lipinski definition) is 6. The molecular formula is C18H37N3O4. The monoisotopic (exact) mass is 359 g/mol. The summed E-state index contributed by atoms with van der Waals surface area (Å²) >= 11 is 0. The highest BCUT2D eigenvalue weighted by atomic mass is 16.6. The second-order valence-corrected chi connectivity index (χ2v) is 8.07. The molecule has 0 rings (SSSR count). The van der Waals surface area contributed by atoms with Gasteiger partial charge in [0.2, 0.25) is 0 Å². The molecule has 7 nitrogen and oxygen atoms in total. The summed E-state index contributed by atoms with van der Waals surface area (Å²) in [5.74, 6) is 0. The Bertz CT molecular complexity index is 372. The normalized spacial score (nSPS) is 12.0. The zero-order chi connectivity index (χ0) is 19.5. The van der Waals surface area contributed by atoms with Crippen LogP contribution in [0.1, 0.15) is 67.2 Å². The fraction of sp³-hybridized carbons (Fsp3) is 0.889. The van der Waals surface area contributed by atoms with Gasteiger partial charge in [-0.05, 0) is 86.9 Å². The van der Waals surface area contributed by atoms with E-state index in [9.17, 15) is 9.59 Å². The smallest absolute Gasteiger partial charge is 0.419 e. The number of hydrogen-bond donors (Lipinski definition) is 2. The van der Waals surface area contributed by atoms with Gasteiger partial charge in [-0.15, -0.1) is 0 Å². The van der Waals surface area contributed by atoms with Crippen LogP contribution in [0.15, 0.2) is 0 Å². The Kier molecular flexibility index (Phi) is 10.7. The standard InChI is InChI=1S/C18H37N3O4/c1-17(2,3)24-15(22)21(16(23)25-18(4,5)6)14-10-9-13-20-12-8-7-11-19/h20H,7-14,19H2,1-6H3. The van der Waals surface area contributed by atoms with Crippen LogP contribution in [-0.2, 0) is 9.47 Å². The lowest BCUT2D eigenvalue weighted by atomic mass is 10.2. The molecule has 0 saturated heterocycles. The fourth-order valence-corrected chi connectivity index (χ4v) is 1.93. The molecular weight excluding hydrogens is 322 g/mol. The minimum atomic E-state index is -0.669. The first-order valence-corrected chi connectivity index (χ1v) is 9.10. The second kappa shape index (κ2) is 11.3. The largest absolute Gasteiger partial charge is 0.443 e. The summed E-state index contributed by atoms with van der Waals surface area (Å²) in [6.07, 6.45) is 2.26. The number of rotatable bonds is 9. The first-order chi connectivity index (χ1) is 11.5. The number of nitrogens with one attached hydrogen (secondary N) is 1. The molecule has 25 heavy (non-hydrogen) atoms. The molecule has 0 saturated carbocycles. The fourth-order valence-electron chi connectivity index (χ4n) is 1.93. The summed E-state index contributed by atoms with van der Waals surface area (Å²) in [6.45, 7) is 13.4. The topological polar surface area (TPSA) is 93.9 Å². The van der Waals surface area contributed by atoms with Gasteiger partial charge in [0.1, 0.15) is 11.2 Å². The van der Waals surface area contributed by atoms with Crippen LogP contribution < -0.4 is 11.1 Å². The third-order valence-electron chi connectivity index (χ3n) is 3.02. The Balaban J connectivity index is 4.45. The van der Waals surface area contributed by atoms with Crippen LogP contribution in [0.5, 0.6) is 0 Å². The number of unbranched alkanes of at least 4 members (excludes halogenated alkanes) is 2. The predicted molar refractivity (Wildman–Crippen MR) is 99.6 cm³/mol. The maximum absolute atomic E-state index is 12.3. The Morgan fingerprint density at radius 2 is 1.28 bits per heavy atom. The van der Waals surface area contributed by atoms with Crippen LogP contribution in [0.4, 0.5) is 9.59 Å². The molecule has 0 heterocycles. The lowest BCUT2D eigenvalue weighted by molar-refractivity contribution is 0.00121. The number of ether oxygens (including phenoxy) is 2. The van der Waals surface area contributed by atoms with Crippen LogP contribution in [0.25, 0.3) is 0 Å². The first-order valence-electron chi connectivity index (χ1n) is 9.10. The molecule has 148 valence electrons. The van der Waals surface area contributed by atoms with Gasteiger partial charge in [0, 0.05) is 6.54 Å². The van der Waals surface area contributed by atoms with Crippen LogP contribution in [0.2, 0.25) is 0 Å². The van der Waals surface area contributed by atoms with Crippen LogP contribution >= 0.6 is 0 Å². The van der Waals surface area contributed by atoms with Crippen LogP contribution in [0.3, 0.4) is 0 Å². The van der Waals surface area contributed by atoms with E-state index >= 15 is 0 Å². The molecule has 0 aromatic rings. The Hall–Kier alpha value is -1.34. The Labute approximate surface area is 152 Å². The van der Waals surface area contributed by atoms with E-state index in [0.717, 1.165) is 37.3 Å². The molecule has 0 aromatic carbocycles. The molecule has 0 atom stereocenters. The third kappa shape index (κ3) is 13.6. The molecule has 3 N–H and O–H groups in total. The highest BCUT2D eigenvalue weighted by molar-refractivity contribution is 5.88. The number of carbonyl (C=O) groups excluding carboxylic acids is 2. The van der Waals surface area contributed by atoms with E-state index in [-0.39, 0.29) is 6.54 Å². The minimum Gasteiger partial charge on any atom is -0.443 e. The van der Waals surface area contributed by atoms with Gasteiger partial charge in [0.25, 0.3) is 0 Å². The second-order valence-electron chi connectivity index (χ2n) is 8.07. The van der Waals surface area contributed by atoms with Crippen molar-refractivity contribution in [1.29, 1.82) is 0 Å². The van der Waals surface area contributed by atoms with Gasteiger partial charge in [0.05, 0.1) is 0 Å². The number of amides is 2. The summed E-state index contributed by atoms with van der Waals surface area (Å²) < 4.78 is 10.6. The lowest BCUT2D eigenvalue weighted by Crippen LogP contribution is -2.44. The van der Waals surface area contributed by atoms with Gasteiger partial charge >= 0.3 is 12.2 Å². The average molecular weight is 360 g/mol. The van der Waals surface area contributed by atoms with E-state index in [4.69, 9.17) is 15.2 Å². The summed E-state index contributed by atoms with van der Waals surface area (Å²) in [6, 6.07) is 0. The molecule has 0 bridgehead atoms. The van der Waals surface area contributed by atoms with Crippen LogP contribution in [-0.4, -0.2) is 54.5 Å². The van der Waals surface area contributed by atoms with Crippen molar-refractivity contribution in [2.75, 3.05) is 26.2 Å². The van der Waals surface area contributed by atoms with E-state index in [0.29, 0.717) is 13.0 Å². The molecule has 0 unspecified atom stereocenters. The number of imide groups is 1. The first kappa shape index (κ1) is 23.7. The number of nitrogens with two attached hydrogens (primary N) is 1. The SMILES string of the molecule is CC(C)(C)OC(=O)N(CCCCNCCCCN)C(=O)OC(C)(C)C. The van der Waals surface area contributed by atoms with Crippen molar-refractivity contribution in [3.05, 3.63) is 0 Å². The van der Waals surface area contributed by atoms with Crippen molar-refractivity contribution in [2.24, 2.45) is 5.73 Å². The van der Waals surface area contributed by atoms with Crippen molar-refractivity contribution in [1.82, 2.24) is 10.2 Å². The molecule has 0 aliphatic rings. The van der Waals surface area contributed by atoms with Crippen molar-refractivity contribution in [2.45, 2.75) is 78.4 Å². The van der Waals surface area contributed by atoms with E-state index in [1.807, 2.05) is 0 Å². The maximum Gasteiger partial charge on any atom is 0.419 e. The molecule has 0 aliphatic carbocycles. The molecule has 0 radical (unpaired) electrons. The molecule has 0 spiro atoms. The zero-order valence-electron chi connectivity index (χ0n) is 16.8. The van der Waals surface area contributed by atoms with Gasteiger partial charge in [0.15, 0.2) is 0 Å². The number of nitrogens with zero attached hydrogens (tertiary/aromatic N) is 1. The maximum atomic E-state index is 12.3. The molecule has 0 aromatic heterocycles. The van der Waals surface area contributed by atoms with E-state index in [2.05, 4.69) is 5.32 Å². The van der Waals surface area contributed by atoms with Crippen molar-refractivity contribution in [3.63, 3.8) is 0 Å². The molecule has 0 aliphatic heterocycles. The van der Waals surface area contributed by atoms with E-state index in [1.165, 1.54) is 0 Å². The third-order valence-corrected chi connectivity index (χ3v) is 3.02. The van der Waals surface area contributed by atoms with Crippen molar-refractivity contribution in [3.8, 4) is 0 Å². The quantitative estimate of drug-likeness (QED) is 0.614. The van der Waals surface area contributed by atoms with E-state index < -0.39 is 23.4 Å². The van der Waals surface area contributed by atoms with Crippen molar-refractivity contribution < 1.29 is 19.1 Å². The minimum absolute atomic E-state index is 0.272. The summed E-state index contributed by atoms with van der Waals surface area (Å²) in [4.78, 5) is 25.6. The van der Waals surface area contributed by atoms with E-state index in [1.54, 1.807) is 41.5 Å². The molecule has 0 fully saturated rings. The Morgan fingerprint density at radius 3 is 1.68 bits per heavy atom.